The number of nitrogens with zero attached hydrogens (tertiary/aromatic N) is 1. The van der Waals surface area contributed by atoms with Crippen LogP contribution in [0, 0.1) is 0 Å². The van der Waals surface area contributed by atoms with Crippen molar-refractivity contribution in [3.63, 3.8) is 0 Å². The van der Waals surface area contributed by atoms with Gasteiger partial charge in [-0.2, -0.15) is 0 Å². The van der Waals surface area contributed by atoms with Crippen LogP contribution in [0.4, 0.5) is 5.69 Å². The molecular weight excluding hydrogens is 296 g/mol. The van der Waals surface area contributed by atoms with Crippen molar-refractivity contribution in [1.29, 1.82) is 0 Å². The van der Waals surface area contributed by atoms with Crippen molar-refractivity contribution in [3.05, 3.63) is 65.2 Å². The molecule has 0 unspecified atom stereocenters. The third kappa shape index (κ3) is 3.32. The molecule has 3 nitrogen and oxygen atoms in total. The summed E-state index contributed by atoms with van der Waals surface area (Å²) in [6.07, 6.45) is 3.22. The molecule has 22 heavy (non-hydrogen) atoms. The van der Waals surface area contributed by atoms with Crippen molar-refractivity contribution < 1.29 is 4.79 Å². The van der Waals surface area contributed by atoms with E-state index < -0.39 is 0 Å². The Morgan fingerprint density at radius 3 is 2.50 bits per heavy atom. The number of hydrogen-bond donors (Lipinski definition) is 1. The number of carbonyl (C=O) groups is 1. The Hall–Kier alpha value is -1.84. The van der Waals surface area contributed by atoms with E-state index in [1.54, 1.807) is 0 Å². The van der Waals surface area contributed by atoms with Gasteiger partial charge in [0.1, 0.15) is 0 Å². The van der Waals surface area contributed by atoms with Crippen molar-refractivity contribution in [2.24, 2.45) is 5.73 Å². The van der Waals surface area contributed by atoms with E-state index in [0.717, 1.165) is 42.6 Å². The van der Waals surface area contributed by atoms with Crippen LogP contribution in [0.5, 0.6) is 0 Å². The van der Waals surface area contributed by atoms with Gasteiger partial charge in [0.15, 0.2) is 0 Å². The minimum atomic E-state index is 0. The van der Waals surface area contributed by atoms with Crippen molar-refractivity contribution in [2.45, 2.75) is 25.8 Å². The highest BCUT2D eigenvalue weighted by atomic mass is 35.5. The van der Waals surface area contributed by atoms with Crippen LogP contribution in [0.3, 0.4) is 0 Å². The molecule has 0 aliphatic carbocycles. The first-order valence-electron chi connectivity index (χ1n) is 7.48. The van der Waals surface area contributed by atoms with Gasteiger partial charge in [-0.25, -0.2) is 0 Å². The Bertz CT molecular complexity index is 640. The Labute approximate surface area is 137 Å². The predicted molar refractivity (Wildman–Crippen MR) is 92.6 cm³/mol. The molecule has 0 radical (unpaired) electrons. The number of anilines is 1. The maximum absolute atomic E-state index is 12.8. The summed E-state index contributed by atoms with van der Waals surface area (Å²) in [6.45, 7) is 1.29. The van der Waals surface area contributed by atoms with Gasteiger partial charge in [-0.1, -0.05) is 30.3 Å². The number of benzene rings is 2. The number of fused-ring (bicyclic) bond motifs is 1. The van der Waals surface area contributed by atoms with Crippen molar-refractivity contribution in [2.75, 3.05) is 11.4 Å². The van der Waals surface area contributed by atoms with E-state index in [1.807, 2.05) is 47.4 Å². The molecule has 0 spiro atoms. The number of halogens is 1. The molecule has 116 valence electrons. The average Bonchev–Trinajstić information content (AvgIpc) is 2.77. The van der Waals surface area contributed by atoms with E-state index in [4.69, 9.17) is 5.73 Å². The summed E-state index contributed by atoms with van der Waals surface area (Å²) >= 11 is 0. The quantitative estimate of drug-likeness (QED) is 0.921. The first kappa shape index (κ1) is 16.5. The van der Waals surface area contributed by atoms with Crippen LogP contribution in [-0.2, 0) is 13.0 Å². The lowest BCUT2D eigenvalue weighted by atomic mass is 10.1. The SMILES string of the molecule is Cl.NCc1ccc(C(=O)N2CCCCc3ccccc32)cc1. The van der Waals surface area contributed by atoms with Gasteiger partial charge in [0.05, 0.1) is 0 Å². The van der Waals surface area contributed by atoms with Gasteiger partial charge < -0.3 is 10.6 Å². The fourth-order valence-corrected chi connectivity index (χ4v) is 2.84. The van der Waals surface area contributed by atoms with Gasteiger partial charge in [0.25, 0.3) is 5.91 Å². The van der Waals surface area contributed by atoms with E-state index in [2.05, 4.69) is 6.07 Å². The lowest BCUT2D eigenvalue weighted by Gasteiger charge is -2.23. The van der Waals surface area contributed by atoms with Crippen molar-refractivity contribution >= 4 is 24.0 Å². The van der Waals surface area contributed by atoms with Crippen LogP contribution in [0.2, 0.25) is 0 Å². The monoisotopic (exact) mass is 316 g/mol. The third-order valence-electron chi connectivity index (χ3n) is 4.04. The minimum absolute atomic E-state index is 0. The smallest absolute Gasteiger partial charge is 0.258 e. The van der Waals surface area contributed by atoms with Gasteiger partial charge in [-0.3, -0.25) is 4.79 Å². The molecule has 2 N–H and O–H groups in total. The fourth-order valence-electron chi connectivity index (χ4n) is 2.84. The Balaban J connectivity index is 0.00000176. The Kier molecular flexibility index (Phi) is 5.58. The highest BCUT2D eigenvalue weighted by molar-refractivity contribution is 6.06. The first-order chi connectivity index (χ1) is 10.3. The largest absolute Gasteiger partial charge is 0.326 e. The van der Waals surface area contributed by atoms with Crippen LogP contribution in [0.25, 0.3) is 0 Å². The summed E-state index contributed by atoms with van der Waals surface area (Å²) in [5, 5.41) is 0. The number of nitrogens with two attached hydrogens (primary N) is 1. The molecule has 1 amide bonds. The van der Waals surface area contributed by atoms with Crippen LogP contribution in [0.1, 0.15) is 34.3 Å². The topological polar surface area (TPSA) is 46.3 Å². The maximum atomic E-state index is 12.8. The van der Waals surface area contributed by atoms with Crippen molar-refractivity contribution in [1.82, 2.24) is 0 Å². The second-order valence-electron chi connectivity index (χ2n) is 5.44. The number of amides is 1. The summed E-state index contributed by atoms with van der Waals surface area (Å²) in [5.74, 6) is 0.0768. The number of para-hydroxylation sites is 1. The van der Waals surface area contributed by atoms with Gasteiger partial charge in [0.2, 0.25) is 0 Å². The van der Waals surface area contributed by atoms with Crippen LogP contribution in [-0.4, -0.2) is 12.5 Å². The molecule has 1 heterocycles. The molecule has 2 aromatic rings. The normalized spacial score (nSPS) is 13.8. The number of hydrogen-bond acceptors (Lipinski definition) is 2. The second-order valence-corrected chi connectivity index (χ2v) is 5.44. The van der Waals surface area contributed by atoms with E-state index in [0.29, 0.717) is 6.54 Å². The zero-order valence-corrected chi connectivity index (χ0v) is 13.3. The molecule has 1 aliphatic rings. The molecule has 0 atom stereocenters. The zero-order chi connectivity index (χ0) is 14.7. The number of rotatable bonds is 2. The van der Waals surface area contributed by atoms with Gasteiger partial charge in [-0.15, -0.1) is 12.4 Å². The zero-order valence-electron chi connectivity index (χ0n) is 12.5. The van der Waals surface area contributed by atoms with Gasteiger partial charge in [-0.05, 0) is 48.6 Å². The van der Waals surface area contributed by atoms with Gasteiger partial charge >= 0.3 is 0 Å². The Morgan fingerprint density at radius 1 is 1.05 bits per heavy atom. The molecule has 0 fully saturated rings. The van der Waals surface area contributed by atoms with Crippen molar-refractivity contribution in [3.8, 4) is 0 Å². The maximum Gasteiger partial charge on any atom is 0.258 e. The second kappa shape index (κ2) is 7.43. The Morgan fingerprint density at radius 2 is 1.77 bits per heavy atom. The molecule has 3 rings (SSSR count). The molecule has 4 heteroatoms. The van der Waals surface area contributed by atoms with E-state index in [9.17, 15) is 4.79 Å². The van der Waals surface area contributed by atoms with Crippen LogP contribution >= 0.6 is 12.4 Å². The summed E-state index contributed by atoms with van der Waals surface area (Å²) in [6, 6.07) is 15.8. The standard InChI is InChI=1S/C18H20N2O.ClH/c19-13-14-8-10-16(11-9-14)18(21)20-12-4-3-6-15-5-1-2-7-17(15)20;/h1-2,5,7-11H,3-4,6,12-13,19H2;1H. The predicted octanol–water partition coefficient (Wildman–Crippen LogP) is 3.55. The van der Waals surface area contributed by atoms with Crippen LogP contribution < -0.4 is 10.6 Å². The highest BCUT2D eigenvalue weighted by Crippen LogP contribution is 2.27. The average molecular weight is 317 g/mol. The number of aryl methyl sites for hydroxylation is 1. The first-order valence-corrected chi connectivity index (χ1v) is 7.48. The fraction of sp³-hybridized carbons (Fsp3) is 0.278. The molecule has 0 bridgehead atoms. The third-order valence-corrected chi connectivity index (χ3v) is 4.04. The highest BCUT2D eigenvalue weighted by Gasteiger charge is 2.21. The van der Waals surface area contributed by atoms with Crippen LogP contribution in [0.15, 0.2) is 48.5 Å². The van der Waals surface area contributed by atoms with E-state index in [1.165, 1.54) is 5.56 Å². The summed E-state index contributed by atoms with van der Waals surface area (Å²) in [7, 11) is 0. The summed E-state index contributed by atoms with van der Waals surface area (Å²) in [4.78, 5) is 14.7. The summed E-state index contributed by atoms with van der Waals surface area (Å²) in [5.41, 5.74) is 9.70. The minimum Gasteiger partial charge on any atom is -0.326 e. The molecule has 0 saturated heterocycles. The molecule has 2 aromatic carbocycles. The lowest BCUT2D eigenvalue weighted by molar-refractivity contribution is 0.0987. The van der Waals surface area contributed by atoms with Gasteiger partial charge in [0, 0.05) is 24.3 Å². The molecular formula is C18H21ClN2O. The van der Waals surface area contributed by atoms with E-state index in [-0.39, 0.29) is 18.3 Å². The number of carbonyl (C=O) groups excluding carboxylic acids is 1. The molecule has 0 saturated carbocycles. The molecule has 1 aliphatic heterocycles. The van der Waals surface area contributed by atoms with E-state index >= 15 is 0 Å². The molecule has 0 aromatic heterocycles. The summed E-state index contributed by atoms with van der Waals surface area (Å²) < 4.78 is 0. The lowest BCUT2D eigenvalue weighted by Crippen LogP contribution is -2.31.